The van der Waals surface area contributed by atoms with Crippen LogP contribution < -0.4 is 4.90 Å². The van der Waals surface area contributed by atoms with Gasteiger partial charge in [-0.1, -0.05) is 11.8 Å². The third-order valence-electron chi connectivity index (χ3n) is 3.77. The standard InChI is InChI=1S/C13H22N4O3S/c1-4-17-11(14-15-12(17)21-8-10(18)19)16-7-5-6-13(2,9-16)20-3/h4-9H2,1-3H3,(H,18,19). The minimum atomic E-state index is -0.850. The molecular formula is C13H22N4O3S. The van der Waals surface area contributed by atoms with Crippen LogP contribution in [-0.2, 0) is 16.1 Å². The number of thioether (sulfide) groups is 1. The number of carboxylic acids is 1. The zero-order valence-electron chi connectivity index (χ0n) is 12.7. The lowest BCUT2D eigenvalue weighted by atomic mass is 9.95. The van der Waals surface area contributed by atoms with E-state index in [4.69, 9.17) is 9.84 Å². The van der Waals surface area contributed by atoms with Gasteiger partial charge in [-0.25, -0.2) is 0 Å². The molecule has 0 spiro atoms. The summed E-state index contributed by atoms with van der Waals surface area (Å²) in [5.74, 6) is -0.0565. The van der Waals surface area contributed by atoms with E-state index in [0.717, 1.165) is 31.9 Å². The predicted octanol–water partition coefficient (Wildman–Crippen LogP) is 1.48. The van der Waals surface area contributed by atoms with E-state index in [0.29, 0.717) is 11.7 Å². The van der Waals surface area contributed by atoms with Crippen LogP contribution in [0.4, 0.5) is 5.95 Å². The maximum atomic E-state index is 10.7. The molecule has 1 saturated heterocycles. The number of methoxy groups -OCH3 is 1. The maximum absolute atomic E-state index is 10.7. The van der Waals surface area contributed by atoms with Gasteiger partial charge in [0.15, 0.2) is 5.16 Å². The van der Waals surface area contributed by atoms with Crippen molar-refractivity contribution in [3.05, 3.63) is 0 Å². The third kappa shape index (κ3) is 3.68. The second-order valence-electron chi connectivity index (χ2n) is 5.39. The van der Waals surface area contributed by atoms with Gasteiger partial charge in [-0.2, -0.15) is 0 Å². The zero-order chi connectivity index (χ0) is 15.5. The first kappa shape index (κ1) is 16.1. The van der Waals surface area contributed by atoms with Crippen LogP contribution in [0.15, 0.2) is 5.16 Å². The van der Waals surface area contributed by atoms with E-state index >= 15 is 0 Å². The van der Waals surface area contributed by atoms with Crippen LogP contribution in [0.2, 0.25) is 0 Å². The molecule has 118 valence electrons. The van der Waals surface area contributed by atoms with Crippen molar-refractivity contribution in [2.24, 2.45) is 0 Å². The molecule has 0 radical (unpaired) electrons. The van der Waals surface area contributed by atoms with Gasteiger partial charge in [0.1, 0.15) is 0 Å². The van der Waals surface area contributed by atoms with Crippen LogP contribution in [0.1, 0.15) is 26.7 Å². The Kier molecular flexibility index (Phi) is 5.10. The van der Waals surface area contributed by atoms with Gasteiger partial charge < -0.3 is 14.7 Å². The lowest BCUT2D eigenvalue weighted by Gasteiger charge is -2.39. The van der Waals surface area contributed by atoms with Gasteiger partial charge in [0, 0.05) is 26.7 Å². The molecule has 0 aromatic carbocycles. The number of aliphatic carboxylic acids is 1. The van der Waals surface area contributed by atoms with Crippen molar-refractivity contribution in [1.82, 2.24) is 14.8 Å². The van der Waals surface area contributed by atoms with Crippen molar-refractivity contribution in [3.63, 3.8) is 0 Å². The lowest BCUT2D eigenvalue weighted by Crippen LogP contribution is -2.48. The van der Waals surface area contributed by atoms with Gasteiger partial charge in [0.25, 0.3) is 0 Å². The quantitative estimate of drug-likeness (QED) is 0.797. The minimum Gasteiger partial charge on any atom is -0.481 e. The molecule has 21 heavy (non-hydrogen) atoms. The number of carboxylic acid groups (broad SMARTS) is 1. The number of anilines is 1. The van der Waals surface area contributed by atoms with E-state index < -0.39 is 5.97 Å². The highest BCUT2D eigenvalue weighted by molar-refractivity contribution is 7.99. The van der Waals surface area contributed by atoms with E-state index in [2.05, 4.69) is 22.0 Å². The molecule has 0 aliphatic carbocycles. The summed E-state index contributed by atoms with van der Waals surface area (Å²) in [4.78, 5) is 12.9. The summed E-state index contributed by atoms with van der Waals surface area (Å²) < 4.78 is 7.57. The van der Waals surface area contributed by atoms with E-state index in [1.807, 2.05) is 11.5 Å². The molecule has 1 atom stereocenters. The van der Waals surface area contributed by atoms with Gasteiger partial charge >= 0.3 is 5.97 Å². The molecule has 1 aliphatic heterocycles. The smallest absolute Gasteiger partial charge is 0.313 e. The van der Waals surface area contributed by atoms with E-state index in [1.54, 1.807) is 7.11 Å². The molecule has 1 aromatic heterocycles. The number of hydrogen-bond acceptors (Lipinski definition) is 6. The first-order valence-corrected chi connectivity index (χ1v) is 8.05. The van der Waals surface area contributed by atoms with E-state index in [1.165, 1.54) is 11.8 Å². The summed E-state index contributed by atoms with van der Waals surface area (Å²) in [6, 6.07) is 0. The Hall–Kier alpha value is -1.28. The second kappa shape index (κ2) is 6.65. The molecular weight excluding hydrogens is 292 g/mol. The summed E-state index contributed by atoms with van der Waals surface area (Å²) in [6.45, 7) is 6.51. The Morgan fingerprint density at radius 3 is 2.90 bits per heavy atom. The Balaban J connectivity index is 2.17. The molecule has 0 amide bonds. The fraction of sp³-hybridized carbons (Fsp3) is 0.769. The highest BCUT2D eigenvalue weighted by Crippen LogP contribution is 2.29. The van der Waals surface area contributed by atoms with Crippen LogP contribution >= 0.6 is 11.8 Å². The Morgan fingerprint density at radius 2 is 2.29 bits per heavy atom. The van der Waals surface area contributed by atoms with Gasteiger partial charge in [-0.05, 0) is 26.7 Å². The molecule has 0 saturated carbocycles. The molecule has 1 unspecified atom stereocenters. The van der Waals surface area contributed by atoms with Gasteiger partial charge in [0.05, 0.1) is 11.4 Å². The van der Waals surface area contributed by atoms with Crippen molar-refractivity contribution in [2.45, 2.75) is 44.0 Å². The highest BCUT2D eigenvalue weighted by Gasteiger charge is 2.33. The first-order chi connectivity index (χ1) is 9.99. The first-order valence-electron chi connectivity index (χ1n) is 7.07. The lowest BCUT2D eigenvalue weighted by molar-refractivity contribution is -0.133. The molecule has 1 fully saturated rings. The highest BCUT2D eigenvalue weighted by atomic mass is 32.2. The fourth-order valence-corrected chi connectivity index (χ4v) is 3.29. The minimum absolute atomic E-state index is 0.00603. The summed E-state index contributed by atoms with van der Waals surface area (Å²) >= 11 is 1.20. The monoisotopic (exact) mass is 314 g/mol. The molecule has 8 heteroatoms. The molecule has 2 rings (SSSR count). The average Bonchev–Trinajstić information content (AvgIpc) is 2.88. The Bertz CT molecular complexity index is 508. The van der Waals surface area contributed by atoms with Crippen molar-refractivity contribution >= 4 is 23.7 Å². The topological polar surface area (TPSA) is 80.5 Å². The number of carbonyl (C=O) groups is 1. The molecule has 1 aromatic rings. The molecule has 2 heterocycles. The van der Waals surface area contributed by atoms with Gasteiger partial charge in [0.2, 0.25) is 5.95 Å². The van der Waals surface area contributed by atoms with Gasteiger partial charge in [-0.3, -0.25) is 9.36 Å². The summed E-state index contributed by atoms with van der Waals surface area (Å²) in [6.07, 6.45) is 2.07. The number of hydrogen-bond donors (Lipinski definition) is 1. The molecule has 1 aliphatic rings. The van der Waals surface area contributed by atoms with Crippen LogP contribution in [0.5, 0.6) is 0 Å². The maximum Gasteiger partial charge on any atom is 0.313 e. The number of aromatic nitrogens is 3. The second-order valence-corrected chi connectivity index (χ2v) is 6.33. The van der Waals surface area contributed by atoms with Crippen molar-refractivity contribution in [1.29, 1.82) is 0 Å². The van der Waals surface area contributed by atoms with E-state index in [9.17, 15) is 4.79 Å². The summed E-state index contributed by atoms with van der Waals surface area (Å²) in [7, 11) is 1.74. The largest absolute Gasteiger partial charge is 0.481 e. The number of rotatable bonds is 6. The molecule has 7 nitrogen and oxygen atoms in total. The zero-order valence-corrected chi connectivity index (χ0v) is 13.5. The fourth-order valence-electron chi connectivity index (χ4n) is 2.57. The number of nitrogens with zero attached hydrogens (tertiary/aromatic N) is 4. The van der Waals surface area contributed by atoms with Crippen molar-refractivity contribution < 1.29 is 14.6 Å². The van der Waals surface area contributed by atoms with Crippen LogP contribution in [-0.4, -0.2) is 57.4 Å². The molecule has 1 N–H and O–H groups in total. The van der Waals surface area contributed by atoms with Crippen molar-refractivity contribution in [3.8, 4) is 0 Å². The third-order valence-corrected chi connectivity index (χ3v) is 4.72. The van der Waals surface area contributed by atoms with Gasteiger partial charge in [-0.15, -0.1) is 10.2 Å². The molecule has 0 bridgehead atoms. The normalized spacial score (nSPS) is 22.5. The summed E-state index contributed by atoms with van der Waals surface area (Å²) in [5.41, 5.74) is -0.170. The number of ether oxygens (including phenoxy) is 1. The number of piperidine rings is 1. The Morgan fingerprint density at radius 1 is 1.52 bits per heavy atom. The SMILES string of the molecule is CCn1c(SCC(=O)O)nnc1N1CCCC(C)(OC)C1. The predicted molar refractivity (Wildman–Crippen MR) is 80.9 cm³/mol. The van der Waals surface area contributed by atoms with Crippen LogP contribution in [0.25, 0.3) is 0 Å². The van der Waals surface area contributed by atoms with Crippen molar-refractivity contribution in [2.75, 3.05) is 30.9 Å². The Labute approximate surface area is 128 Å². The van der Waals surface area contributed by atoms with Crippen LogP contribution in [0.3, 0.4) is 0 Å². The average molecular weight is 314 g/mol. The van der Waals surface area contributed by atoms with Crippen LogP contribution in [0, 0.1) is 0 Å². The summed E-state index contributed by atoms with van der Waals surface area (Å²) in [5, 5.41) is 17.8. The van der Waals surface area contributed by atoms with E-state index in [-0.39, 0.29) is 11.4 Å².